The molecule has 0 fully saturated rings. The first kappa shape index (κ1) is 24.8. The summed E-state index contributed by atoms with van der Waals surface area (Å²) in [6, 6.07) is 20.6. The van der Waals surface area contributed by atoms with Gasteiger partial charge in [0.2, 0.25) is 0 Å². The summed E-state index contributed by atoms with van der Waals surface area (Å²) in [6.45, 7) is 3.25. The molecule has 4 rings (SSSR count). The number of carbonyl (C=O) groups is 2. The van der Waals surface area contributed by atoms with Crippen molar-refractivity contribution in [3.05, 3.63) is 107 Å². The van der Waals surface area contributed by atoms with Crippen molar-refractivity contribution in [3.63, 3.8) is 0 Å². The van der Waals surface area contributed by atoms with Gasteiger partial charge in [-0.05, 0) is 55.8 Å². The largest absolute Gasteiger partial charge is 0.478 e. The van der Waals surface area contributed by atoms with Crippen LogP contribution < -0.4 is 9.80 Å². The fourth-order valence-electron chi connectivity index (χ4n) is 4.91. The number of hydrogen-bond donors (Lipinski definition) is 2. The van der Waals surface area contributed by atoms with Crippen LogP contribution in [0.1, 0.15) is 25.0 Å². The van der Waals surface area contributed by atoms with Crippen LogP contribution in [0.25, 0.3) is 0 Å². The van der Waals surface area contributed by atoms with Gasteiger partial charge in [-0.25, -0.2) is 9.59 Å². The predicted molar refractivity (Wildman–Crippen MR) is 128 cm³/mol. The summed E-state index contributed by atoms with van der Waals surface area (Å²) in [4.78, 5) is 28.1. The summed E-state index contributed by atoms with van der Waals surface area (Å²) < 4.78 is 40.0. The lowest BCUT2D eigenvalue weighted by atomic mass is 9.86. The Hall–Kier alpha value is -4.27. The molecule has 6 nitrogen and oxygen atoms in total. The molecule has 3 aromatic rings. The van der Waals surface area contributed by atoms with Gasteiger partial charge in [0, 0.05) is 11.4 Å². The van der Waals surface area contributed by atoms with Crippen LogP contribution in [0, 0.1) is 0 Å². The van der Waals surface area contributed by atoms with Gasteiger partial charge in [-0.3, -0.25) is 0 Å². The number of nitrogens with zero attached hydrogens (tertiary/aromatic N) is 2. The van der Waals surface area contributed by atoms with Crippen molar-refractivity contribution >= 4 is 23.3 Å². The molecule has 36 heavy (non-hydrogen) atoms. The predicted octanol–water partition coefficient (Wildman–Crippen LogP) is 5.72. The Morgan fingerprint density at radius 1 is 0.806 bits per heavy atom. The fraction of sp³-hybridized carbons (Fsp3) is 0.185. The maximum absolute atomic E-state index is 13.3. The lowest BCUT2D eigenvalue weighted by Gasteiger charge is -2.57. The third kappa shape index (κ3) is 4.06. The second kappa shape index (κ2) is 9.07. The minimum atomic E-state index is -4.56. The van der Waals surface area contributed by atoms with Gasteiger partial charge >= 0.3 is 18.1 Å². The first-order valence-electron chi connectivity index (χ1n) is 11.1. The van der Waals surface area contributed by atoms with Gasteiger partial charge in [-0.2, -0.15) is 13.2 Å². The van der Waals surface area contributed by atoms with Crippen LogP contribution in [0.5, 0.6) is 0 Å². The number of para-hydroxylation sites is 2. The van der Waals surface area contributed by atoms with E-state index in [0.29, 0.717) is 16.9 Å². The van der Waals surface area contributed by atoms with Gasteiger partial charge in [-0.15, -0.1) is 0 Å². The molecule has 1 aliphatic heterocycles. The third-order valence-electron chi connectivity index (χ3n) is 6.43. The van der Waals surface area contributed by atoms with Crippen LogP contribution in [0.3, 0.4) is 0 Å². The molecule has 0 amide bonds. The zero-order chi connectivity index (χ0) is 26.3. The first-order valence-corrected chi connectivity index (χ1v) is 11.1. The number of benzene rings is 3. The van der Waals surface area contributed by atoms with Crippen LogP contribution in [0.2, 0.25) is 0 Å². The highest BCUT2D eigenvalue weighted by Gasteiger charge is 2.52. The van der Waals surface area contributed by atoms with E-state index in [0.717, 1.165) is 12.1 Å². The van der Waals surface area contributed by atoms with E-state index in [1.54, 1.807) is 79.4 Å². The van der Waals surface area contributed by atoms with Crippen LogP contribution >= 0.6 is 0 Å². The lowest BCUT2D eigenvalue weighted by Crippen LogP contribution is -2.65. The van der Waals surface area contributed by atoms with Crippen molar-refractivity contribution in [2.45, 2.75) is 31.7 Å². The topological polar surface area (TPSA) is 81.1 Å². The van der Waals surface area contributed by atoms with E-state index < -0.39 is 41.1 Å². The number of alkyl halides is 3. The number of halogens is 3. The monoisotopic (exact) mass is 496 g/mol. The van der Waals surface area contributed by atoms with Crippen molar-refractivity contribution in [1.82, 2.24) is 0 Å². The Balaban J connectivity index is 2.11. The molecule has 186 valence electrons. The van der Waals surface area contributed by atoms with Crippen LogP contribution in [0.15, 0.2) is 96.2 Å². The summed E-state index contributed by atoms with van der Waals surface area (Å²) in [6.07, 6.45) is -4.56. The highest BCUT2D eigenvalue weighted by atomic mass is 19.4. The van der Waals surface area contributed by atoms with E-state index in [1.165, 1.54) is 17.0 Å². The standard InChI is InChI=1S/C27H23F3N2O4/c1-17-22(24(33)34)23(25(35)36)32(21-11-7-4-8-12-21)26(2,31(17)20-9-5-3-6-10-20)18-13-15-19(16-14-18)27(28,29)30/h3-17H,1-2H3,(H,33,34)(H,35,36). The molecule has 2 unspecified atom stereocenters. The Bertz CT molecular complexity index is 1310. The zero-order valence-electron chi connectivity index (χ0n) is 19.4. The average molecular weight is 496 g/mol. The molecule has 1 aliphatic rings. The van der Waals surface area contributed by atoms with E-state index in [2.05, 4.69) is 0 Å². The number of hydrogen-bond acceptors (Lipinski definition) is 4. The Kier molecular flexibility index (Phi) is 6.26. The van der Waals surface area contributed by atoms with Gasteiger partial charge in [0.15, 0.2) is 0 Å². The SMILES string of the molecule is CC1C(C(=O)O)=C(C(=O)O)N(c2ccccc2)C(C)(c2ccc(C(F)(F)F)cc2)N1c1ccccc1. The second-order valence-corrected chi connectivity index (χ2v) is 8.52. The molecule has 0 bridgehead atoms. The molecule has 0 aromatic heterocycles. The van der Waals surface area contributed by atoms with E-state index in [1.807, 2.05) is 0 Å². The van der Waals surface area contributed by atoms with Crippen molar-refractivity contribution in [2.75, 3.05) is 9.80 Å². The van der Waals surface area contributed by atoms with Crippen molar-refractivity contribution in [3.8, 4) is 0 Å². The minimum Gasteiger partial charge on any atom is -0.478 e. The van der Waals surface area contributed by atoms with Gasteiger partial charge in [0.25, 0.3) is 0 Å². The Morgan fingerprint density at radius 3 is 1.75 bits per heavy atom. The summed E-state index contributed by atoms with van der Waals surface area (Å²) in [5.74, 6) is -2.87. The molecule has 0 aliphatic carbocycles. The lowest BCUT2D eigenvalue weighted by molar-refractivity contribution is -0.137. The molecule has 2 atom stereocenters. The molecule has 0 saturated carbocycles. The Morgan fingerprint density at radius 2 is 1.31 bits per heavy atom. The molecule has 0 spiro atoms. The van der Waals surface area contributed by atoms with Crippen molar-refractivity contribution in [2.24, 2.45) is 0 Å². The molecular formula is C27H23F3N2O4. The summed E-state index contributed by atoms with van der Waals surface area (Å²) >= 11 is 0. The van der Waals surface area contributed by atoms with E-state index in [9.17, 15) is 33.0 Å². The van der Waals surface area contributed by atoms with Gasteiger partial charge in [0.05, 0.1) is 17.2 Å². The number of carboxylic acids is 2. The van der Waals surface area contributed by atoms with Gasteiger partial charge in [-0.1, -0.05) is 48.5 Å². The maximum atomic E-state index is 13.3. The summed E-state index contributed by atoms with van der Waals surface area (Å²) in [7, 11) is 0. The second-order valence-electron chi connectivity index (χ2n) is 8.52. The third-order valence-corrected chi connectivity index (χ3v) is 6.43. The van der Waals surface area contributed by atoms with E-state index in [4.69, 9.17) is 0 Å². The molecule has 0 radical (unpaired) electrons. The smallest absolute Gasteiger partial charge is 0.416 e. The van der Waals surface area contributed by atoms with Crippen molar-refractivity contribution in [1.29, 1.82) is 0 Å². The normalized spacial score (nSPS) is 20.4. The summed E-state index contributed by atoms with van der Waals surface area (Å²) in [5.41, 5.74) is -1.82. The molecule has 0 saturated heterocycles. The number of anilines is 2. The Labute approximate surface area is 205 Å². The van der Waals surface area contributed by atoms with Crippen LogP contribution in [0.4, 0.5) is 24.5 Å². The van der Waals surface area contributed by atoms with Crippen LogP contribution in [-0.2, 0) is 21.4 Å². The number of aliphatic carboxylic acids is 2. The first-order chi connectivity index (χ1) is 17.0. The average Bonchev–Trinajstić information content (AvgIpc) is 2.84. The molecule has 1 heterocycles. The highest BCUT2D eigenvalue weighted by molar-refractivity contribution is 6.04. The van der Waals surface area contributed by atoms with Crippen LogP contribution in [-0.4, -0.2) is 28.2 Å². The van der Waals surface area contributed by atoms with E-state index >= 15 is 0 Å². The van der Waals surface area contributed by atoms with E-state index in [-0.39, 0.29) is 5.57 Å². The van der Waals surface area contributed by atoms with Crippen molar-refractivity contribution < 1.29 is 33.0 Å². The summed E-state index contributed by atoms with van der Waals surface area (Å²) in [5, 5.41) is 20.4. The molecule has 9 heteroatoms. The molecular weight excluding hydrogens is 473 g/mol. The minimum absolute atomic E-state index is 0.346. The quantitative estimate of drug-likeness (QED) is 0.471. The number of rotatable bonds is 5. The van der Waals surface area contributed by atoms with Gasteiger partial charge < -0.3 is 20.0 Å². The number of carboxylic acid groups (broad SMARTS) is 2. The highest BCUT2D eigenvalue weighted by Crippen LogP contribution is 2.48. The molecule has 3 aromatic carbocycles. The zero-order valence-corrected chi connectivity index (χ0v) is 19.4. The molecule has 2 N–H and O–H groups in total. The fourth-order valence-corrected chi connectivity index (χ4v) is 4.91. The van der Waals surface area contributed by atoms with Gasteiger partial charge in [0.1, 0.15) is 11.4 Å². The maximum Gasteiger partial charge on any atom is 0.416 e.